The van der Waals surface area contributed by atoms with Crippen LogP contribution >= 0.6 is 0 Å². The average molecular weight is 291 g/mol. The van der Waals surface area contributed by atoms with Gasteiger partial charge >= 0.3 is 0 Å². The van der Waals surface area contributed by atoms with E-state index in [0.717, 1.165) is 38.2 Å². The summed E-state index contributed by atoms with van der Waals surface area (Å²) in [6.07, 6.45) is 5.04. The molecule has 116 valence electrons. The molecule has 1 aromatic heterocycles. The zero-order chi connectivity index (χ0) is 15.1. The highest BCUT2D eigenvalue weighted by Crippen LogP contribution is 2.16. The first-order valence-electron chi connectivity index (χ1n) is 7.85. The Hall–Kier alpha value is -1.62. The fourth-order valence-electron chi connectivity index (χ4n) is 2.49. The number of nitrogens with zero attached hydrogens (tertiary/aromatic N) is 2. The molecule has 5 nitrogen and oxygen atoms in total. The number of hydrogen-bond acceptors (Lipinski definition) is 4. The van der Waals surface area contributed by atoms with Gasteiger partial charge in [0.25, 0.3) is 5.91 Å². The summed E-state index contributed by atoms with van der Waals surface area (Å²) in [5.41, 5.74) is 0.684. The van der Waals surface area contributed by atoms with Gasteiger partial charge in [0, 0.05) is 38.0 Å². The molecule has 0 aliphatic carbocycles. The van der Waals surface area contributed by atoms with Crippen molar-refractivity contribution in [1.82, 2.24) is 9.88 Å². The summed E-state index contributed by atoms with van der Waals surface area (Å²) in [4.78, 5) is 18.7. The Labute approximate surface area is 126 Å². The molecule has 1 N–H and O–H groups in total. The fraction of sp³-hybridized carbons (Fsp3) is 0.625. The van der Waals surface area contributed by atoms with Crippen molar-refractivity contribution in [3.63, 3.8) is 0 Å². The summed E-state index contributed by atoms with van der Waals surface area (Å²) < 4.78 is 5.63. The largest absolute Gasteiger partial charge is 0.376 e. The van der Waals surface area contributed by atoms with Crippen molar-refractivity contribution in [2.24, 2.45) is 0 Å². The van der Waals surface area contributed by atoms with Crippen molar-refractivity contribution >= 4 is 11.7 Å². The molecule has 0 saturated carbocycles. The van der Waals surface area contributed by atoms with Crippen molar-refractivity contribution in [2.75, 3.05) is 31.6 Å². The van der Waals surface area contributed by atoms with Crippen molar-refractivity contribution < 1.29 is 9.53 Å². The molecule has 1 unspecified atom stereocenters. The van der Waals surface area contributed by atoms with E-state index >= 15 is 0 Å². The number of carbonyl (C=O) groups is 1. The molecule has 2 heterocycles. The normalized spacial score (nSPS) is 17.7. The van der Waals surface area contributed by atoms with Crippen molar-refractivity contribution in [3.05, 3.63) is 23.9 Å². The number of carbonyl (C=O) groups excluding carboxylic acids is 1. The Kier molecular flexibility index (Phi) is 5.99. The summed E-state index contributed by atoms with van der Waals surface area (Å²) in [5.74, 6) is 0.811. The maximum Gasteiger partial charge on any atom is 0.254 e. The van der Waals surface area contributed by atoms with Crippen molar-refractivity contribution in [1.29, 1.82) is 0 Å². The van der Waals surface area contributed by atoms with Gasteiger partial charge < -0.3 is 15.0 Å². The predicted molar refractivity (Wildman–Crippen MR) is 83.6 cm³/mol. The minimum absolute atomic E-state index is 0.0509. The van der Waals surface area contributed by atoms with Crippen LogP contribution in [0, 0.1) is 0 Å². The lowest BCUT2D eigenvalue weighted by atomic mass is 10.2. The van der Waals surface area contributed by atoms with E-state index in [1.165, 1.54) is 0 Å². The van der Waals surface area contributed by atoms with Crippen LogP contribution in [0.1, 0.15) is 43.5 Å². The van der Waals surface area contributed by atoms with E-state index in [9.17, 15) is 4.79 Å². The van der Waals surface area contributed by atoms with Gasteiger partial charge in [0.2, 0.25) is 0 Å². The van der Waals surface area contributed by atoms with Gasteiger partial charge in [0.05, 0.1) is 6.10 Å². The number of likely N-dealkylation sites (N-methyl/N-ethyl adjacent to an activating group) is 1. The van der Waals surface area contributed by atoms with Gasteiger partial charge in [0.1, 0.15) is 5.82 Å². The standard InChI is InChI=1S/C16H25N3O2/c1-3-8-17-15-11-13(7-9-18-15)16(20)19(4-2)12-14-6-5-10-21-14/h7,9,11,14H,3-6,8,10,12H2,1-2H3,(H,17,18). The first kappa shape index (κ1) is 15.8. The van der Waals surface area contributed by atoms with Gasteiger partial charge in [-0.2, -0.15) is 0 Å². The van der Waals surface area contributed by atoms with Gasteiger partial charge in [-0.15, -0.1) is 0 Å². The molecule has 1 aliphatic heterocycles. The van der Waals surface area contributed by atoms with E-state index in [2.05, 4.69) is 17.2 Å². The van der Waals surface area contributed by atoms with E-state index < -0.39 is 0 Å². The zero-order valence-electron chi connectivity index (χ0n) is 13.0. The van der Waals surface area contributed by atoms with Gasteiger partial charge in [-0.25, -0.2) is 4.98 Å². The van der Waals surface area contributed by atoms with E-state index in [0.29, 0.717) is 18.7 Å². The van der Waals surface area contributed by atoms with Crippen LogP contribution in [-0.4, -0.2) is 48.1 Å². The minimum atomic E-state index is 0.0509. The molecular weight excluding hydrogens is 266 g/mol. The monoisotopic (exact) mass is 291 g/mol. The molecule has 5 heteroatoms. The van der Waals surface area contributed by atoms with E-state index in [1.807, 2.05) is 17.9 Å². The SMILES string of the molecule is CCCNc1cc(C(=O)N(CC)CC2CCCO2)ccn1. The Bertz CT molecular complexity index is 459. The Morgan fingerprint density at radius 3 is 3.05 bits per heavy atom. The molecule has 2 rings (SSSR count). The summed E-state index contributed by atoms with van der Waals surface area (Å²) in [6.45, 7) is 7.15. The number of amides is 1. The molecule has 1 aliphatic rings. The van der Waals surface area contributed by atoms with Gasteiger partial charge in [-0.1, -0.05) is 6.92 Å². The molecule has 1 amide bonds. The molecule has 1 fully saturated rings. The molecule has 1 saturated heterocycles. The summed E-state index contributed by atoms with van der Waals surface area (Å²) in [6, 6.07) is 3.60. The van der Waals surface area contributed by atoms with Crippen molar-refractivity contribution in [3.8, 4) is 0 Å². The zero-order valence-corrected chi connectivity index (χ0v) is 13.0. The smallest absolute Gasteiger partial charge is 0.254 e. The first-order chi connectivity index (χ1) is 10.2. The molecule has 21 heavy (non-hydrogen) atoms. The number of anilines is 1. The predicted octanol–water partition coefficient (Wildman–Crippen LogP) is 2.54. The van der Waals surface area contributed by atoms with E-state index in [1.54, 1.807) is 12.3 Å². The lowest BCUT2D eigenvalue weighted by molar-refractivity contribution is 0.0539. The lowest BCUT2D eigenvalue weighted by Gasteiger charge is -2.24. The number of rotatable bonds is 7. The first-order valence-corrected chi connectivity index (χ1v) is 7.85. The van der Waals surface area contributed by atoms with E-state index in [4.69, 9.17) is 4.74 Å². The number of nitrogens with one attached hydrogen (secondary N) is 1. The van der Waals surface area contributed by atoms with Crippen LogP contribution in [0.2, 0.25) is 0 Å². The third-order valence-corrected chi connectivity index (χ3v) is 3.68. The average Bonchev–Trinajstić information content (AvgIpc) is 3.03. The van der Waals surface area contributed by atoms with Crippen LogP contribution in [0.3, 0.4) is 0 Å². The molecule has 0 radical (unpaired) electrons. The van der Waals surface area contributed by atoms with Crippen LogP contribution in [0.25, 0.3) is 0 Å². The van der Waals surface area contributed by atoms with Crippen LogP contribution in [0.15, 0.2) is 18.3 Å². The Morgan fingerprint density at radius 1 is 1.52 bits per heavy atom. The molecule has 0 spiro atoms. The molecule has 1 aromatic rings. The minimum Gasteiger partial charge on any atom is -0.376 e. The third kappa shape index (κ3) is 4.43. The second kappa shape index (κ2) is 7.98. The third-order valence-electron chi connectivity index (χ3n) is 3.68. The van der Waals surface area contributed by atoms with E-state index in [-0.39, 0.29) is 12.0 Å². The molecular formula is C16H25N3O2. The van der Waals surface area contributed by atoms with Gasteiger partial charge in [0.15, 0.2) is 0 Å². The maximum absolute atomic E-state index is 12.6. The molecule has 0 aromatic carbocycles. The fourth-order valence-corrected chi connectivity index (χ4v) is 2.49. The highest BCUT2D eigenvalue weighted by molar-refractivity contribution is 5.94. The van der Waals surface area contributed by atoms with Gasteiger partial charge in [-0.3, -0.25) is 4.79 Å². The van der Waals surface area contributed by atoms with Crippen molar-refractivity contribution in [2.45, 2.75) is 39.2 Å². The topological polar surface area (TPSA) is 54.5 Å². The number of pyridine rings is 1. The van der Waals surface area contributed by atoms with Crippen LogP contribution in [0.5, 0.6) is 0 Å². The Morgan fingerprint density at radius 2 is 2.38 bits per heavy atom. The molecule has 0 bridgehead atoms. The highest BCUT2D eigenvalue weighted by atomic mass is 16.5. The quantitative estimate of drug-likeness (QED) is 0.839. The highest BCUT2D eigenvalue weighted by Gasteiger charge is 2.22. The summed E-state index contributed by atoms with van der Waals surface area (Å²) in [5, 5.41) is 3.21. The summed E-state index contributed by atoms with van der Waals surface area (Å²) >= 11 is 0. The maximum atomic E-state index is 12.6. The number of aromatic nitrogens is 1. The van der Waals surface area contributed by atoms with Crippen LogP contribution in [-0.2, 0) is 4.74 Å². The second-order valence-corrected chi connectivity index (χ2v) is 5.34. The Balaban J connectivity index is 2.02. The lowest BCUT2D eigenvalue weighted by Crippen LogP contribution is -2.37. The second-order valence-electron chi connectivity index (χ2n) is 5.34. The van der Waals surface area contributed by atoms with Crippen LogP contribution in [0.4, 0.5) is 5.82 Å². The van der Waals surface area contributed by atoms with Crippen LogP contribution < -0.4 is 5.32 Å². The number of hydrogen-bond donors (Lipinski definition) is 1. The van der Waals surface area contributed by atoms with Gasteiger partial charge in [-0.05, 0) is 38.3 Å². The summed E-state index contributed by atoms with van der Waals surface area (Å²) in [7, 11) is 0. The number of ether oxygens (including phenoxy) is 1. The molecule has 1 atom stereocenters.